The number of hydrogen-bond donors (Lipinski definition) is 2. The van der Waals surface area contributed by atoms with E-state index in [0.29, 0.717) is 12.1 Å². The summed E-state index contributed by atoms with van der Waals surface area (Å²) in [5.41, 5.74) is 2.40. The van der Waals surface area contributed by atoms with E-state index in [0.717, 1.165) is 21.4 Å². The molecule has 1 saturated heterocycles. The largest absolute Gasteiger partial charge is 0.361 e. The minimum atomic E-state index is -0.664. The van der Waals surface area contributed by atoms with Crippen LogP contribution >= 0.6 is 0 Å². The van der Waals surface area contributed by atoms with E-state index in [-0.39, 0.29) is 18.2 Å². The van der Waals surface area contributed by atoms with Crippen molar-refractivity contribution in [1.82, 2.24) is 19.8 Å². The molecule has 0 radical (unpaired) electrons. The second-order valence-corrected chi connectivity index (χ2v) is 6.42. The number of urea groups is 1. The summed E-state index contributed by atoms with van der Waals surface area (Å²) in [6, 6.07) is 10.0. The Hall–Kier alpha value is -3.35. The number of aromatic nitrogens is 2. The van der Waals surface area contributed by atoms with Crippen LogP contribution in [0, 0.1) is 0 Å². The summed E-state index contributed by atoms with van der Waals surface area (Å²) in [5.74, 6) is -0.642. The van der Waals surface area contributed by atoms with Gasteiger partial charge in [-0.25, -0.2) is 4.79 Å². The third-order valence-corrected chi connectivity index (χ3v) is 4.74. The van der Waals surface area contributed by atoms with E-state index in [4.69, 9.17) is 0 Å². The lowest BCUT2D eigenvalue weighted by molar-refractivity contribution is -0.127. The quantitative estimate of drug-likeness (QED) is 0.544. The molecule has 1 aliphatic heterocycles. The standard InChI is InChI=1S/C19H18N4O3/c1-22-8-4-7-16(22)17(24)11-23-18(25)15(21-19(23)26)9-12-10-20-14-6-3-2-5-13(12)14/h2-8,10,15,20H,9,11H2,1H3,(H,21,26)/t15-/m0/s1. The Morgan fingerprint density at radius 3 is 2.73 bits per heavy atom. The molecule has 3 heterocycles. The van der Waals surface area contributed by atoms with Gasteiger partial charge in [0.15, 0.2) is 5.78 Å². The lowest BCUT2D eigenvalue weighted by Crippen LogP contribution is -2.37. The second kappa shape index (κ2) is 6.18. The molecule has 132 valence electrons. The Morgan fingerprint density at radius 2 is 1.96 bits per heavy atom. The fraction of sp³-hybridized carbons (Fsp3) is 0.211. The van der Waals surface area contributed by atoms with Crippen LogP contribution in [0.25, 0.3) is 10.9 Å². The molecule has 1 aromatic carbocycles. The van der Waals surface area contributed by atoms with Gasteiger partial charge in [-0.2, -0.15) is 0 Å². The molecule has 1 aliphatic rings. The fourth-order valence-electron chi connectivity index (χ4n) is 3.36. The van der Waals surface area contributed by atoms with Crippen LogP contribution in [0.1, 0.15) is 16.1 Å². The molecule has 3 aromatic rings. The number of Topliss-reactive ketones (excluding diaryl/α,β-unsaturated/α-hetero) is 1. The van der Waals surface area contributed by atoms with Gasteiger partial charge in [0.2, 0.25) is 0 Å². The molecule has 4 rings (SSSR count). The van der Waals surface area contributed by atoms with Gasteiger partial charge >= 0.3 is 6.03 Å². The van der Waals surface area contributed by atoms with E-state index in [1.54, 1.807) is 29.9 Å². The number of rotatable bonds is 5. The molecule has 3 amide bonds. The lowest BCUT2D eigenvalue weighted by atomic mass is 10.1. The number of amides is 3. The fourth-order valence-corrected chi connectivity index (χ4v) is 3.36. The molecule has 0 bridgehead atoms. The van der Waals surface area contributed by atoms with Crippen LogP contribution in [-0.2, 0) is 18.3 Å². The molecule has 0 spiro atoms. The second-order valence-electron chi connectivity index (χ2n) is 6.42. The van der Waals surface area contributed by atoms with Crippen molar-refractivity contribution in [1.29, 1.82) is 0 Å². The Kier molecular flexibility index (Phi) is 3.84. The number of imide groups is 1. The predicted molar refractivity (Wildman–Crippen MR) is 95.8 cm³/mol. The number of H-pyrrole nitrogens is 1. The van der Waals surface area contributed by atoms with Gasteiger partial charge in [0.25, 0.3) is 5.91 Å². The van der Waals surface area contributed by atoms with Crippen LogP contribution in [0.2, 0.25) is 0 Å². The van der Waals surface area contributed by atoms with Crippen molar-refractivity contribution < 1.29 is 14.4 Å². The first-order valence-electron chi connectivity index (χ1n) is 8.36. The van der Waals surface area contributed by atoms with Gasteiger partial charge in [-0.1, -0.05) is 18.2 Å². The summed E-state index contributed by atoms with van der Waals surface area (Å²) in [4.78, 5) is 41.4. The predicted octanol–water partition coefficient (Wildman–Crippen LogP) is 1.85. The first kappa shape index (κ1) is 16.1. The van der Waals surface area contributed by atoms with Gasteiger partial charge in [-0.15, -0.1) is 0 Å². The first-order chi connectivity index (χ1) is 12.5. The van der Waals surface area contributed by atoms with Gasteiger partial charge in [0, 0.05) is 36.8 Å². The van der Waals surface area contributed by atoms with E-state index in [1.807, 2.05) is 30.5 Å². The minimum Gasteiger partial charge on any atom is -0.361 e. The number of benzene rings is 1. The third-order valence-electron chi connectivity index (χ3n) is 4.74. The van der Waals surface area contributed by atoms with Crippen LogP contribution in [0.3, 0.4) is 0 Å². The molecule has 1 atom stereocenters. The van der Waals surface area contributed by atoms with E-state index in [2.05, 4.69) is 10.3 Å². The van der Waals surface area contributed by atoms with E-state index in [1.165, 1.54) is 0 Å². The van der Waals surface area contributed by atoms with Crippen molar-refractivity contribution in [2.24, 2.45) is 7.05 Å². The maximum atomic E-state index is 12.6. The van der Waals surface area contributed by atoms with Crippen molar-refractivity contribution in [3.05, 3.63) is 60.0 Å². The number of hydrogen-bond acceptors (Lipinski definition) is 3. The summed E-state index contributed by atoms with van der Waals surface area (Å²) in [6.07, 6.45) is 3.98. The van der Waals surface area contributed by atoms with Crippen molar-refractivity contribution in [2.75, 3.05) is 6.54 Å². The SMILES string of the molecule is Cn1cccc1C(=O)CN1C(=O)N[C@@H](Cc2c[nH]c3ccccc23)C1=O. The van der Waals surface area contributed by atoms with Crippen LogP contribution < -0.4 is 5.32 Å². The van der Waals surface area contributed by atoms with Crippen molar-refractivity contribution >= 4 is 28.6 Å². The first-order valence-corrected chi connectivity index (χ1v) is 8.36. The van der Waals surface area contributed by atoms with E-state index >= 15 is 0 Å². The Balaban J connectivity index is 1.50. The molecule has 26 heavy (non-hydrogen) atoms. The highest BCUT2D eigenvalue weighted by atomic mass is 16.2. The molecule has 2 N–H and O–H groups in total. The zero-order valence-electron chi connectivity index (χ0n) is 14.2. The number of nitrogens with one attached hydrogen (secondary N) is 2. The summed E-state index contributed by atoms with van der Waals surface area (Å²) >= 11 is 0. The van der Waals surface area contributed by atoms with Crippen LogP contribution in [-0.4, -0.2) is 44.8 Å². The Bertz CT molecular complexity index is 1020. The lowest BCUT2D eigenvalue weighted by Gasteiger charge is -2.12. The zero-order valence-corrected chi connectivity index (χ0v) is 14.2. The maximum Gasteiger partial charge on any atom is 0.325 e. The average molecular weight is 350 g/mol. The molecule has 0 saturated carbocycles. The summed E-state index contributed by atoms with van der Waals surface area (Å²) < 4.78 is 1.67. The molecular weight excluding hydrogens is 332 g/mol. The maximum absolute atomic E-state index is 12.6. The number of aromatic amines is 1. The number of carbonyl (C=O) groups is 3. The van der Waals surface area contributed by atoms with Crippen LogP contribution in [0.15, 0.2) is 48.8 Å². The number of nitrogens with zero attached hydrogens (tertiary/aromatic N) is 2. The van der Waals surface area contributed by atoms with Gasteiger partial charge in [-0.05, 0) is 23.8 Å². The van der Waals surface area contributed by atoms with Crippen LogP contribution in [0.4, 0.5) is 4.79 Å². The highest BCUT2D eigenvalue weighted by molar-refractivity contribution is 6.09. The van der Waals surface area contributed by atoms with Crippen molar-refractivity contribution in [3.8, 4) is 0 Å². The number of ketones is 1. The number of fused-ring (bicyclic) bond motifs is 1. The van der Waals surface area contributed by atoms with Gasteiger partial charge < -0.3 is 14.9 Å². The van der Waals surface area contributed by atoms with Crippen molar-refractivity contribution in [2.45, 2.75) is 12.5 Å². The summed E-state index contributed by atoms with van der Waals surface area (Å²) in [6.45, 7) is -0.257. The molecule has 0 unspecified atom stereocenters. The van der Waals surface area contributed by atoms with Gasteiger partial charge in [-0.3, -0.25) is 14.5 Å². The van der Waals surface area contributed by atoms with Crippen molar-refractivity contribution in [3.63, 3.8) is 0 Å². The number of aryl methyl sites for hydroxylation is 1. The number of para-hydroxylation sites is 1. The van der Waals surface area contributed by atoms with Gasteiger partial charge in [0.05, 0.1) is 12.2 Å². The highest BCUT2D eigenvalue weighted by Gasteiger charge is 2.39. The highest BCUT2D eigenvalue weighted by Crippen LogP contribution is 2.21. The molecule has 0 aliphatic carbocycles. The summed E-state index contributed by atoms with van der Waals surface area (Å²) in [7, 11) is 1.75. The monoisotopic (exact) mass is 350 g/mol. The number of carbonyl (C=O) groups excluding carboxylic acids is 3. The van der Waals surface area contributed by atoms with Gasteiger partial charge in [0.1, 0.15) is 6.04 Å². The molecule has 7 nitrogen and oxygen atoms in total. The normalized spacial score (nSPS) is 17.1. The van der Waals surface area contributed by atoms with E-state index in [9.17, 15) is 14.4 Å². The zero-order chi connectivity index (χ0) is 18.3. The molecule has 1 fully saturated rings. The average Bonchev–Trinajstić information content (AvgIpc) is 3.30. The smallest absolute Gasteiger partial charge is 0.325 e. The molecule has 2 aromatic heterocycles. The molecular formula is C19H18N4O3. The minimum absolute atomic E-state index is 0.257. The topological polar surface area (TPSA) is 87.2 Å². The summed E-state index contributed by atoms with van der Waals surface area (Å²) in [5, 5.41) is 3.71. The Labute approximate surface area is 149 Å². The third kappa shape index (κ3) is 2.67. The molecule has 7 heteroatoms. The Morgan fingerprint density at radius 1 is 1.15 bits per heavy atom. The van der Waals surface area contributed by atoms with Crippen LogP contribution in [0.5, 0.6) is 0 Å². The van der Waals surface area contributed by atoms with E-state index < -0.39 is 12.1 Å².